The van der Waals surface area contributed by atoms with Crippen molar-refractivity contribution in [3.63, 3.8) is 0 Å². The first-order valence-corrected chi connectivity index (χ1v) is 3.67. The maximum absolute atomic E-state index is 8.38. The number of nitrogens with zero attached hydrogens (tertiary/aromatic N) is 3. The molecule has 3 heteroatoms. The van der Waals surface area contributed by atoms with Crippen LogP contribution in [0.1, 0.15) is 13.8 Å². The average Bonchev–Trinajstić information content (AvgIpc) is 1.87. The van der Waals surface area contributed by atoms with Gasteiger partial charge in [0.05, 0.1) is 25.2 Å². The summed E-state index contributed by atoms with van der Waals surface area (Å²) in [5.41, 5.74) is 0. The molecule has 0 bridgehead atoms. The normalized spacial score (nSPS) is 9.64. The van der Waals surface area contributed by atoms with Gasteiger partial charge in [0.2, 0.25) is 0 Å². The molecule has 0 saturated heterocycles. The molecule has 0 amide bonds. The minimum absolute atomic E-state index is 0.353. The van der Waals surface area contributed by atoms with Gasteiger partial charge in [-0.2, -0.15) is 10.5 Å². The first kappa shape index (κ1) is 9.94. The molecule has 0 aromatic carbocycles. The molecule has 3 nitrogen and oxygen atoms in total. The van der Waals surface area contributed by atoms with E-state index in [1.165, 1.54) is 0 Å². The van der Waals surface area contributed by atoms with Crippen LogP contribution in [-0.4, -0.2) is 24.5 Å². The van der Waals surface area contributed by atoms with Crippen LogP contribution >= 0.6 is 0 Å². The van der Waals surface area contributed by atoms with Crippen molar-refractivity contribution in [2.75, 3.05) is 19.6 Å². The first-order chi connectivity index (χ1) is 5.20. The van der Waals surface area contributed by atoms with Gasteiger partial charge in [-0.1, -0.05) is 13.8 Å². The predicted molar refractivity (Wildman–Crippen MR) is 42.5 cm³/mol. The summed E-state index contributed by atoms with van der Waals surface area (Å²) in [5, 5.41) is 16.8. The smallest absolute Gasteiger partial charge is 0.0874 e. The lowest BCUT2D eigenvalue weighted by molar-refractivity contribution is 0.301. The highest BCUT2D eigenvalue weighted by Crippen LogP contribution is 1.96. The Morgan fingerprint density at radius 2 is 1.64 bits per heavy atom. The van der Waals surface area contributed by atoms with E-state index in [1.807, 2.05) is 17.0 Å². The molecule has 0 fully saturated rings. The molecule has 0 N–H and O–H groups in total. The van der Waals surface area contributed by atoms with Crippen molar-refractivity contribution >= 4 is 0 Å². The second-order valence-electron chi connectivity index (χ2n) is 2.88. The number of hydrogen-bond donors (Lipinski definition) is 0. The van der Waals surface area contributed by atoms with Gasteiger partial charge in [0, 0.05) is 6.54 Å². The van der Waals surface area contributed by atoms with Crippen LogP contribution in [0.15, 0.2) is 0 Å². The molecular weight excluding hydrogens is 138 g/mol. The van der Waals surface area contributed by atoms with E-state index in [1.54, 1.807) is 0 Å². The second kappa shape index (κ2) is 5.70. The number of hydrogen-bond acceptors (Lipinski definition) is 3. The Hall–Kier alpha value is -1.06. The molecular formula is C8H13N3. The van der Waals surface area contributed by atoms with E-state index in [0.29, 0.717) is 19.0 Å². The summed E-state index contributed by atoms with van der Waals surface area (Å²) in [4.78, 5) is 1.84. The van der Waals surface area contributed by atoms with E-state index < -0.39 is 0 Å². The minimum atomic E-state index is 0.353. The molecule has 0 spiro atoms. The third kappa shape index (κ3) is 5.39. The second-order valence-corrected chi connectivity index (χ2v) is 2.88. The van der Waals surface area contributed by atoms with Crippen LogP contribution in [0.3, 0.4) is 0 Å². The quantitative estimate of drug-likeness (QED) is 0.563. The summed E-state index contributed by atoms with van der Waals surface area (Å²) >= 11 is 0. The third-order valence-corrected chi connectivity index (χ3v) is 1.21. The summed E-state index contributed by atoms with van der Waals surface area (Å²) < 4.78 is 0. The summed E-state index contributed by atoms with van der Waals surface area (Å²) in [6.07, 6.45) is 0. The third-order valence-electron chi connectivity index (χ3n) is 1.21. The molecule has 0 aromatic rings. The largest absolute Gasteiger partial charge is 0.277 e. The van der Waals surface area contributed by atoms with Gasteiger partial charge >= 0.3 is 0 Å². The van der Waals surface area contributed by atoms with Crippen LogP contribution in [0.4, 0.5) is 0 Å². The van der Waals surface area contributed by atoms with Gasteiger partial charge < -0.3 is 0 Å². The van der Waals surface area contributed by atoms with E-state index in [9.17, 15) is 0 Å². The fourth-order valence-electron chi connectivity index (χ4n) is 0.901. The maximum Gasteiger partial charge on any atom is 0.0874 e. The molecule has 0 heterocycles. The Balaban J connectivity index is 3.73. The van der Waals surface area contributed by atoms with Gasteiger partial charge in [-0.3, -0.25) is 4.90 Å². The van der Waals surface area contributed by atoms with Gasteiger partial charge in [0.1, 0.15) is 0 Å². The van der Waals surface area contributed by atoms with Crippen molar-refractivity contribution in [2.45, 2.75) is 13.8 Å². The van der Waals surface area contributed by atoms with Crippen LogP contribution in [0.2, 0.25) is 0 Å². The summed E-state index contributed by atoms with van der Waals surface area (Å²) in [7, 11) is 0. The highest BCUT2D eigenvalue weighted by Gasteiger charge is 2.04. The molecule has 0 aliphatic rings. The van der Waals surface area contributed by atoms with E-state index in [-0.39, 0.29) is 0 Å². The van der Waals surface area contributed by atoms with E-state index >= 15 is 0 Å². The summed E-state index contributed by atoms with van der Waals surface area (Å²) in [6, 6.07) is 4.07. The Labute approximate surface area is 67.8 Å². The standard InChI is InChI=1S/C8H13N3/c1-8(2)7-11(5-3-9)6-4-10/h8H,5-7H2,1-2H3. The monoisotopic (exact) mass is 151 g/mol. The molecule has 60 valence electrons. The first-order valence-electron chi connectivity index (χ1n) is 3.67. The highest BCUT2D eigenvalue weighted by atomic mass is 15.1. The van der Waals surface area contributed by atoms with Gasteiger partial charge in [0.25, 0.3) is 0 Å². The number of rotatable bonds is 4. The molecule has 0 aliphatic heterocycles. The summed E-state index contributed by atoms with van der Waals surface area (Å²) in [6.45, 7) is 5.67. The van der Waals surface area contributed by atoms with Crippen LogP contribution in [-0.2, 0) is 0 Å². The lowest BCUT2D eigenvalue weighted by atomic mass is 10.2. The van der Waals surface area contributed by atoms with Crippen molar-refractivity contribution in [1.82, 2.24) is 4.90 Å². The fourth-order valence-corrected chi connectivity index (χ4v) is 0.901. The molecule has 0 radical (unpaired) electrons. The van der Waals surface area contributed by atoms with Gasteiger partial charge in [-0.25, -0.2) is 0 Å². The predicted octanol–water partition coefficient (Wildman–Crippen LogP) is 0.992. The summed E-state index contributed by atoms with van der Waals surface area (Å²) in [5.74, 6) is 0.511. The van der Waals surface area contributed by atoms with Crippen molar-refractivity contribution in [1.29, 1.82) is 10.5 Å². The molecule has 0 unspecified atom stereocenters. The van der Waals surface area contributed by atoms with Gasteiger partial charge in [0.15, 0.2) is 0 Å². The molecule has 0 atom stereocenters. The Morgan fingerprint density at radius 1 is 1.18 bits per heavy atom. The van der Waals surface area contributed by atoms with Crippen LogP contribution in [0.5, 0.6) is 0 Å². The van der Waals surface area contributed by atoms with E-state index in [0.717, 1.165) is 6.54 Å². The molecule has 0 saturated carbocycles. The topological polar surface area (TPSA) is 50.8 Å². The van der Waals surface area contributed by atoms with Gasteiger partial charge in [-0.05, 0) is 5.92 Å². The van der Waals surface area contributed by atoms with Crippen LogP contribution in [0, 0.1) is 28.6 Å². The average molecular weight is 151 g/mol. The molecule has 11 heavy (non-hydrogen) atoms. The Bertz CT molecular complexity index is 157. The SMILES string of the molecule is CC(C)CN(CC#N)CC#N. The lowest BCUT2D eigenvalue weighted by Gasteiger charge is -2.16. The van der Waals surface area contributed by atoms with E-state index in [4.69, 9.17) is 10.5 Å². The lowest BCUT2D eigenvalue weighted by Crippen LogP contribution is -2.28. The zero-order valence-corrected chi connectivity index (χ0v) is 7.04. The van der Waals surface area contributed by atoms with Crippen molar-refractivity contribution in [3.8, 4) is 12.1 Å². The molecule has 0 rings (SSSR count). The minimum Gasteiger partial charge on any atom is -0.277 e. The van der Waals surface area contributed by atoms with Crippen molar-refractivity contribution in [2.24, 2.45) is 5.92 Å². The van der Waals surface area contributed by atoms with Crippen molar-refractivity contribution in [3.05, 3.63) is 0 Å². The highest BCUT2D eigenvalue weighted by molar-refractivity contribution is 4.83. The van der Waals surface area contributed by atoms with Crippen LogP contribution in [0.25, 0.3) is 0 Å². The van der Waals surface area contributed by atoms with Crippen LogP contribution < -0.4 is 0 Å². The Morgan fingerprint density at radius 3 is 1.91 bits per heavy atom. The molecule has 0 aromatic heterocycles. The zero-order valence-electron chi connectivity index (χ0n) is 7.04. The Kier molecular flexibility index (Phi) is 5.15. The molecule has 0 aliphatic carbocycles. The zero-order chi connectivity index (χ0) is 8.69. The van der Waals surface area contributed by atoms with Gasteiger partial charge in [-0.15, -0.1) is 0 Å². The maximum atomic E-state index is 8.38. The van der Waals surface area contributed by atoms with Crippen molar-refractivity contribution < 1.29 is 0 Å². The number of nitriles is 2. The van der Waals surface area contributed by atoms with E-state index in [2.05, 4.69) is 13.8 Å². The fraction of sp³-hybridized carbons (Fsp3) is 0.750.